The molecule has 0 aliphatic rings. The van der Waals surface area contributed by atoms with E-state index in [0.717, 1.165) is 31.0 Å². The van der Waals surface area contributed by atoms with Gasteiger partial charge in [0, 0.05) is 18.7 Å². The van der Waals surface area contributed by atoms with Crippen molar-refractivity contribution in [1.82, 2.24) is 14.8 Å². The molecular weight excluding hydrogens is 214 g/mol. The summed E-state index contributed by atoms with van der Waals surface area (Å²) in [5, 5.41) is 4.39. The van der Waals surface area contributed by atoms with Gasteiger partial charge in [-0.1, -0.05) is 13.8 Å². The third kappa shape index (κ3) is 3.80. The molecular formula is C10H18ClN3O. The molecule has 0 aliphatic heterocycles. The normalized spacial score (nSPS) is 10.9. The van der Waals surface area contributed by atoms with Crippen molar-refractivity contribution in [2.24, 2.45) is 0 Å². The van der Waals surface area contributed by atoms with E-state index in [1.165, 1.54) is 0 Å². The number of rotatable bonds is 7. The standard InChI is InChI=1S/C10H18ClN3O/c1-3-9-12-10(4-2)14(13-9)6-8-15-7-5-11/h3-8H2,1-2H3. The van der Waals surface area contributed by atoms with Crippen molar-refractivity contribution in [3.8, 4) is 0 Å². The van der Waals surface area contributed by atoms with Crippen molar-refractivity contribution in [3.05, 3.63) is 11.6 Å². The van der Waals surface area contributed by atoms with Crippen LogP contribution in [0.25, 0.3) is 0 Å². The molecule has 1 heterocycles. The second-order valence-electron chi connectivity index (χ2n) is 3.18. The fraction of sp³-hybridized carbons (Fsp3) is 0.800. The number of nitrogens with zero attached hydrogens (tertiary/aromatic N) is 3. The first kappa shape index (κ1) is 12.5. The summed E-state index contributed by atoms with van der Waals surface area (Å²) in [6.45, 7) is 6.14. The van der Waals surface area contributed by atoms with E-state index >= 15 is 0 Å². The van der Waals surface area contributed by atoms with Crippen LogP contribution < -0.4 is 0 Å². The SMILES string of the molecule is CCc1nc(CC)n(CCOCCCl)n1. The van der Waals surface area contributed by atoms with Crippen molar-refractivity contribution in [1.29, 1.82) is 0 Å². The fourth-order valence-electron chi connectivity index (χ4n) is 1.32. The van der Waals surface area contributed by atoms with E-state index in [2.05, 4.69) is 23.9 Å². The van der Waals surface area contributed by atoms with Crippen LogP contribution in [0.15, 0.2) is 0 Å². The number of ether oxygens (including phenoxy) is 1. The minimum atomic E-state index is 0.540. The van der Waals surface area contributed by atoms with Crippen LogP contribution in [0.5, 0.6) is 0 Å². The lowest BCUT2D eigenvalue weighted by molar-refractivity contribution is 0.137. The molecule has 0 amide bonds. The topological polar surface area (TPSA) is 39.9 Å². The number of alkyl halides is 1. The summed E-state index contributed by atoms with van der Waals surface area (Å²) < 4.78 is 7.23. The Hall–Kier alpha value is -0.610. The minimum absolute atomic E-state index is 0.540. The highest BCUT2D eigenvalue weighted by Gasteiger charge is 2.06. The molecule has 0 aromatic carbocycles. The van der Waals surface area contributed by atoms with E-state index in [1.807, 2.05) is 4.68 Å². The summed E-state index contributed by atoms with van der Waals surface area (Å²) in [6, 6.07) is 0. The Balaban J connectivity index is 2.47. The molecule has 0 saturated heterocycles. The molecule has 0 unspecified atom stereocenters. The van der Waals surface area contributed by atoms with Crippen LogP contribution in [0.3, 0.4) is 0 Å². The maximum absolute atomic E-state index is 5.51. The average molecular weight is 232 g/mol. The predicted molar refractivity (Wildman–Crippen MR) is 60.3 cm³/mol. The van der Waals surface area contributed by atoms with Crippen LogP contribution in [0.1, 0.15) is 25.5 Å². The largest absolute Gasteiger partial charge is 0.378 e. The lowest BCUT2D eigenvalue weighted by atomic mass is 10.4. The molecule has 0 saturated carbocycles. The molecule has 4 nitrogen and oxygen atoms in total. The van der Waals surface area contributed by atoms with Gasteiger partial charge in [-0.25, -0.2) is 9.67 Å². The highest BCUT2D eigenvalue weighted by Crippen LogP contribution is 2.00. The van der Waals surface area contributed by atoms with E-state index in [0.29, 0.717) is 19.1 Å². The number of hydrogen-bond donors (Lipinski definition) is 0. The lowest BCUT2D eigenvalue weighted by Crippen LogP contribution is -2.11. The van der Waals surface area contributed by atoms with Gasteiger partial charge in [0.2, 0.25) is 0 Å². The molecule has 5 heteroatoms. The maximum atomic E-state index is 5.51. The first-order valence-electron chi connectivity index (χ1n) is 5.38. The zero-order valence-corrected chi connectivity index (χ0v) is 10.1. The molecule has 0 N–H and O–H groups in total. The molecule has 15 heavy (non-hydrogen) atoms. The van der Waals surface area contributed by atoms with Crippen molar-refractivity contribution < 1.29 is 4.74 Å². The zero-order chi connectivity index (χ0) is 11.1. The third-order valence-corrected chi connectivity index (χ3v) is 2.25. The third-order valence-electron chi connectivity index (χ3n) is 2.09. The minimum Gasteiger partial charge on any atom is -0.378 e. The van der Waals surface area contributed by atoms with Crippen LogP contribution in [0.2, 0.25) is 0 Å². The predicted octanol–water partition coefficient (Wildman–Crippen LogP) is 1.66. The lowest BCUT2D eigenvalue weighted by Gasteiger charge is -2.04. The maximum Gasteiger partial charge on any atom is 0.150 e. The van der Waals surface area contributed by atoms with Crippen LogP contribution in [0, 0.1) is 0 Å². The molecule has 86 valence electrons. The molecule has 1 rings (SSSR count). The molecule has 0 spiro atoms. The fourth-order valence-corrected chi connectivity index (χ4v) is 1.43. The van der Waals surface area contributed by atoms with Gasteiger partial charge in [-0.3, -0.25) is 0 Å². The highest BCUT2D eigenvalue weighted by atomic mass is 35.5. The monoisotopic (exact) mass is 231 g/mol. The first-order valence-corrected chi connectivity index (χ1v) is 5.91. The molecule has 0 bridgehead atoms. The Morgan fingerprint density at radius 3 is 2.67 bits per heavy atom. The van der Waals surface area contributed by atoms with E-state index in [1.54, 1.807) is 0 Å². The summed E-state index contributed by atoms with van der Waals surface area (Å²) in [5.41, 5.74) is 0. The Kier molecular flexibility index (Phi) is 5.65. The van der Waals surface area contributed by atoms with Crippen molar-refractivity contribution in [2.45, 2.75) is 33.2 Å². The molecule has 0 atom stereocenters. The second kappa shape index (κ2) is 6.80. The van der Waals surface area contributed by atoms with E-state index in [9.17, 15) is 0 Å². The number of aryl methyl sites for hydroxylation is 2. The summed E-state index contributed by atoms with van der Waals surface area (Å²) >= 11 is 5.51. The van der Waals surface area contributed by atoms with Crippen LogP contribution in [-0.2, 0) is 24.1 Å². The number of aromatic nitrogens is 3. The molecule has 0 fully saturated rings. The first-order chi connectivity index (χ1) is 7.31. The van der Waals surface area contributed by atoms with Gasteiger partial charge in [-0.2, -0.15) is 5.10 Å². The summed E-state index contributed by atoms with van der Waals surface area (Å²) in [6.07, 6.45) is 1.78. The van der Waals surface area contributed by atoms with Gasteiger partial charge in [-0.05, 0) is 0 Å². The van der Waals surface area contributed by atoms with Gasteiger partial charge in [0.25, 0.3) is 0 Å². The van der Waals surface area contributed by atoms with Crippen LogP contribution in [0.4, 0.5) is 0 Å². The van der Waals surface area contributed by atoms with E-state index < -0.39 is 0 Å². The molecule has 0 aliphatic carbocycles. The van der Waals surface area contributed by atoms with Gasteiger partial charge in [0.05, 0.1) is 19.8 Å². The van der Waals surface area contributed by atoms with Gasteiger partial charge >= 0.3 is 0 Å². The summed E-state index contributed by atoms with van der Waals surface area (Å²) in [4.78, 5) is 4.42. The van der Waals surface area contributed by atoms with Crippen LogP contribution in [-0.4, -0.2) is 33.9 Å². The van der Waals surface area contributed by atoms with Gasteiger partial charge in [0.1, 0.15) is 5.82 Å². The summed E-state index contributed by atoms with van der Waals surface area (Å²) in [5.74, 6) is 2.48. The van der Waals surface area contributed by atoms with Gasteiger partial charge < -0.3 is 4.74 Å². The van der Waals surface area contributed by atoms with Crippen molar-refractivity contribution in [2.75, 3.05) is 19.1 Å². The smallest absolute Gasteiger partial charge is 0.150 e. The van der Waals surface area contributed by atoms with Crippen molar-refractivity contribution in [3.63, 3.8) is 0 Å². The average Bonchev–Trinajstić information content (AvgIpc) is 2.67. The highest BCUT2D eigenvalue weighted by molar-refractivity contribution is 6.17. The van der Waals surface area contributed by atoms with E-state index in [-0.39, 0.29) is 0 Å². The van der Waals surface area contributed by atoms with Crippen molar-refractivity contribution >= 4 is 11.6 Å². The molecule has 0 radical (unpaired) electrons. The van der Waals surface area contributed by atoms with E-state index in [4.69, 9.17) is 16.3 Å². The Morgan fingerprint density at radius 1 is 1.27 bits per heavy atom. The Labute approximate surface area is 95.6 Å². The van der Waals surface area contributed by atoms with Gasteiger partial charge in [-0.15, -0.1) is 11.6 Å². The zero-order valence-electron chi connectivity index (χ0n) is 9.37. The molecule has 1 aromatic rings. The number of halogens is 1. The summed E-state index contributed by atoms with van der Waals surface area (Å²) in [7, 11) is 0. The number of hydrogen-bond acceptors (Lipinski definition) is 3. The molecule has 1 aromatic heterocycles. The Bertz CT molecular complexity index is 288. The second-order valence-corrected chi connectivity index (χ2v) is 3.55. The van der Waals surface area contributed by atoms with Gasteiger partial charge in [0.15, 0.2) is 5.82 Å². The van der Waals surface area contributed by atoms with Crippen LogP contribution >= 0.6 is 11.6 Å². The Morgan fingerprint density at radius 2 is 2.07 bits per heavy atom. The quantitative estimate of drug-likeness (QED) is 0.529.